The van der Waals surface area contributed by atoms with Crippen LogP contribution in [0.3, 0.4) is 0 Å². The third-order valence-electron chi connectivity index (χ3n) is 14.6. The van der Waals surface area contributed by atoms with Crippen molar-refractivity contribution in [2.24, 2.45) is 0 Å². The van der Waals surface area contributed by atoms with Crippen molar-refractivity contribution in [3.8, 4) is 0 Å². The van der Waals surface area contributed by atoms with E-state index in [4.69, 9.17) is 18.9 Å². The molecule has 2 rings (SSSR count). The molecule has 72 heavy (non-hydrogen) atoms. The van der Waals surface area contributed by atoms with Crippen LogP contribution >= 0.6 is 0 Å². The van der Waals surface area contributed by atoms with E-state index in [9.17, 15) is 45.6 Å². The first-order valence-corrected chi connectivity index (χ1v) is 29.6. The Hall–Kier alpha value is -1.53. The smallest absolute Gasteiger partial charge is 0.220 e. The van der Waals surface area contributed by atoms with Crippen LogP contribution in [0, 0.1) is 0 Å². The van der Waals surface area contributed by atoms with Gasteiger partial charge in [0.2, 0.25) is 5.91 Å². The summed E-state index contributed by atoms with van der Waals surface area (Å²) in [7, 11) is 0. The Morgan fingerprint density at radius 2 is 0.875 bits per heavy atom. The molecule has 2 heterocycles. The van der Waals surface area contributed by atoms with Crippen molar-refractivity contribution in [1.82, 2.24) is 5.32 Å². The first-order chi connectivity index (χ1) is 35.1. The number of unbranched alkanes of at least 4 members (excludes halogenated alkanes) is 32. The van der Waals surface area contributed by atoms with Gasteiger partial charge in [0.1, 0.15) is 48.8 Å². The summed E-state index contributed by atoms with van der Waals surface area (Å²) in [4.78, 5) is 13.1. The standard InChI is InChI=1S/C58H109NO13/c1-3-5-7-9-10-11-12-13-14-15-16-17-18-19-20-21-22-23-24-25-26-27-28-29-30-31-32-33-34-35-36-38-40-42-50(63)59-46(47(62)41-39-37-8-6-4-2)45-69-57-55(68)53(66)56(49(44-61)71-57)72-58-54(67)52(65)51(64)48(43-60)70-58/h15-16,39,41,46-49,51-58,60-62,64-68H,3-14,17-38,40,42-45H2,1-2H3,(H,59,63)/b16-15-,41-39+. The van der Waals surface area contributed by atoms with E-state index in [1.165, 1.54) is 173 Å². The first kappa shape index (κ1) is 66.6. The summed E-state index contributed by atoms with van der Waals surface area (Å²) >= 11 is 0. The van der Waals surface area contributed by atoms with E-state index < -0.39 is 86.8 Å². The minimum atomic E-state index is -1.78. The quantitative estimate of drug-likeness (QED) is 0.0205. The first-order valence-electron chi connectivity index (χ1n) is 29.6. The molecule has 9 N–H and O–H groups in total. The molecule has 2 aliphatic rings. The predicted molar refractivity (Wildman–Crippen MR) is 286 cm³/mol. The second-order valence-corrected chi connectivity index (χ2v) is 21.1. The van der Waals surface area contributed by atoms with E-state index in [2.05, 4.69) is 31.3 Å². The highest BCUT2D eigenvalue weighted by atomic mass is 16.7. The molecule has 2 fully saturated rings. The van der Waals surface area contributed by atoms with Crippen LogP contribution in [0.4, 0.5) is 0 Å². The van der Waals surface area contributed by atoms with Gasteiger partial charge < -0.3 is 65.1 Å². The summed E-state index contributed by atoms with van der Waals surface area (Å²) in [5.74, 6) is -0.243. The highest BCUT2D eigenvalue weighted by Gasteiger charge is 2.51. The van der Waals surface area contributed by atoms with Crippen LogP contribution in [0.25, 0.3) is 0 Å². The summed E-state index contributed by atoms with van der Waals surface area (Å²) in [5.41, 5.74) is 0. The van der Waals surface area contributed by atoms with E-state index in [0.717, 1.165) is 44.9 Å². The topological polar surface area (TPSA) is 228 Å². The molecule has 0 saturated carbocycles. The number of hydrogen-bond donors (Lipinski definition) is 9. The number of nitrogens with one attached hydrogen (secondary N) is 1. The van der Waals surface area contributed by atoms with Crippen molar-refractivity contribution in [3.05, 3.63) is 24.3 Å². The molecule has 424 valence electrons. The van der Waals surface area contributed by atoms with Gasteiger partial charge in [-0.15, -0.1) is 0 Å². The second kappa shape index (κ2) is 44.6. The van der Waals surface area contributed by atoms with Crippen molar-refractivity contribution in [2.75, 3.05) is 19.8 Å². The summed E-state index contributed by atoms with van der Waals surface area (Å²) < 4.78 is 22.6. The van der Waals surface area contributed by atoms with E-state index in [1.54, 1.807) is 6.08 Å². The number of rotatable bonds is 47. The van der Waals surface area contributed by atoms with Crippen LogP contribution in [-0.2, 0) is 23.7 Å². The average molecular weight is 1030 g/mol. The molecule has 0 aromatic rings. The van der Waals surface area contributed by atoms with Gasteiger partial charge in [-0.2, -0.15) is 0 Å². The molecule has 14 heteroatoms. The molecule has 12 atom stereocenters. The van der Waals surface area contributed by atoms with Crippen molar-refractivity contribution in [2.45, 2.75) is 319 Å². The van der Waals surface area contributed by atoms with E-state index in [-0.39, 0.29) is 18.9 Å². The van der Waals surface area contributed by atoms with E-state index in [0.29, 0.717) is 6.42 Å². The molecule has 12 unspecified atom stereocenters. The highest BCUT2D eigenvalue weighted by Crippen LogP contribution is 2.30. The monoisotopic (exact) mass is 1030 g/mol. The third kappa shape index (κ3) is 30.3. The lowest BCUT2D eigenvalue weighted by atomic mass is 9.97. The predicted octanol–water partition coefficient (Wildman–Crippen LogP) is 9.67. The number of carbonyl (C=O) groups is 1. The van der Waals surface area contributed by atoms with E-state index in [1.807, 2.05) is 6.08 Å². The van der Waals surface area contributed by atoms with Crippen LogP contribution < -0.4 is 5.32 Å². The van der Waals surface area contributed by atoms with Gasteiger partial charge in [-0.1, -0.05) is 218 Å². The van der Waals surface area contributed by atoms with Crippen LogP contribution in [-0.4, -0.2) is 140 Å². The van der Waals surface area contributed by atoms with Crippen molar-refractivity contribution < 1.29 is 64.6 Å². The molecule has 0 bridgehead atoms. The van der Waals surface area contributed by atoms with Gasteiger partial charge in [0.15, 0.2) is 12.6 Å². The summed E-state index contributed by atoms with van der Waals surface area (Å²) in [5, 5.41) is 86.3. The number of hydrogen-bond acceptors (Lipinski definition) is 13. The van der Waals surface area contributed by atoms with Gasteiger partial charge in [0.05, 0.1) is 32.0 Å². The Bertz CT molecular complexity index is 1300. The van der Waals surface area contributed by atoms with Gasteiger partial charge in [0.25, 0.3) is 0 Å². The lowest BCUT2D eigenvalue weighted by Gasteiger charge is -2.46. The zero-order valence-corrected chi connectivity index (χ0v) is 45.4. The molecular formula is C58H109NO13. The normalized spacial score (nSPS) is 25.7. The number of allylic oxidation sites excluding steroid dienone is 3. The van der Waals surface area contributed by atoms with Gasteiger partial charge in [-0.3, -0.25) is 4.79 Å². The third-order valence-corrected chi connectivity index (χ3v) is 14.6. The molecule has 0 aliphatic carbocycles. The molecule has 0 aromatic carbocycles. The lowest BCUT2D eigenvalue weighted by molar-refractivity contribution is -0.359. The average Bonchev–Trinajstić information content (AvgIpc) is 3.38. The van der Waals surface area contributed by atoms with Crippen LogP contribution in [0.1, 0.15) is 245 Å². The molecule has 1 amide bonds. The fraction of sp³-hybridized carbons (Fsp3) is 0.914. The van der Waals surface area contributed by atoms with Crippen molar-refractivity contribution in [3.63, 3.8) is 0 Å². The number of aliphatic hydroxyl groups is 8. The fourth-order valence-corrected chi connectivity index (χ4v) is 9.82. The second-order valence-electron chi connectivity index (χ2n) is 21.1. The van der Waals surface area contributed by atoms with Crippen LogP contribution in [0.5, 0.6) is 0 Å². The summed E-state index contributed by atoms with van der Waals surface area (Å²) in [6.45, 7) is 2.68. The minimum absolute atomic E-state index is 0.243. The maximum Gasteiger partial charge on any atom is 0.220 e. The van der Waals surface area contributed by atoms with Crippen LogP contribution in [0.2, 0.25) is 0 Å². The molecule has 14 nitrogen and oxygen atoms in total. The molecule has 0 spiro atoms. The zero-order valence-electron chi connectivity index (χ0n) is 45.4. The Morgan fingerprint density at radius 1 is 0.486 bits per heavy atom. The molecule has 2 saturated heterocycles. The number of aliphatic hydroxyl groups excluding tert-OH is 8. The van der Waals surface area contributed by atoms with E-state index >= 15 is 0 Å². The molecule has 2 aliphatic heterocycles. The molecule has 0 aromatic heterocycles. The SMILES string of the molecule is CCCCC/C=C/C(O)C(COC1OC(CO)C(OC2OC(CO)C(O)C(O)C2O)C(O)C1O)NC(=O)CCCCCCCCCCCCCCCCCCCCCCC/C=C\CCCCCCCCCC. The van der Waals surface area contributed by atoms with Gasteiger partial charge in [-0.25, -0.2) is 0 Å². The fourth-order valence-electron chi connectivity index (χ4n) is 9.82. The minimum Gasteiger partial charge on any atom is -0.394 e. The maximum absolute atomic E-state index is 13.1. The Balaban J connectivity index is 1.52. The summed E-state index contributed by atoms with van der Waals surface area (Å²) in [6, 6.07) is -0.907. The van der Waals surface area contributed by atoms with Crippen molar-refractivity contribution >= 4 is 5.91 Å². The number of carbonyl (C=O) groups excluding carboxylic acids is 1. The Morgan fingerprint density at radius 3 is 1.35 bits per heavy atom. The maximum atomic E-state index is 13.1. The number of ether oxygens (including phenoxy) is 4. The zero-order chi connectivity index (χ0) is 52.4. The summed E-state index contributed by atoms with van der Waals surface area (Å²) in [6.07, 6.45) is 36.1. The van der Waals surface area contributed by atoms with Crippen molar-refractivity contribution in [1.29, 1.82) is 0 Å². The van der Waals surface area contributed by atoms with Gasteiger partial charge in [0, 0.05) is 6.42 Å². The Kier molecular flexibility index (Phi) is 41.2. The number of amides is 1. The van der Waals surface area contributed by atoms with Gasteiger partial charge in [-0.05, 0) is 44.9 Å². The largest absolute Gasteiger partial charge is 0.394 e. The molecular weight excluding hydrogens is 919 g/mol. The Labute approximate surface area is 437 Å². The lowest BCUT2D eigenvalue weighted by Crippen LogP contribution is -2.65. The molecule has 0 radical (unpaired) electrons. The van der Waals surface area contributed by atoms with Gasteiger partial charge >= 0.3 is 0 Å². The highest BCUT2D eigenvalue weighted by molar-refractivity contribution is 5.76. The van der Waals surface area contributed by atoms with Crippen LogP contribution in [0.15, 0.2) is 24.3 Å².